The Balaban J connectivity index is 1.77. The minimum atomic E-state index is -0.515. The molecule has 2 aromatic heterocycles. The van der Waals surface area contributed by atoms with E-state index >= 15 is 0 Å². The number of hydrogen-bond acceptors (Lipinski definition) is 8. The highest BCUT2D eigenvalue weighted by Gasteiger charge is 2.29. The summed E-state index contributed by atoms with van der Waals surface area (Å²) in [6, 6.07) is 9.10. The van der Waals surface area contributed by atoms with Crippen LogP contribution in [0.15, 0.2) is 42.9 Å². The highest BCUT2D eigenvalue weighted by atomic mass is 16.6. The van der Waals surface area contributed by atoms with Crippen LogP contribution in [-0.2, 0) is 4.74 Å². The van der Waals surface area contributed by atoms with Crippen molar-refractivity contribution in [3.63, 3.8) is 0 Å². The van der Waals surface area contributed by atoms with Crippen molar-refractivity contribution in [1.82, 2.24) is 15.0 Å². The number of rotatable bonds is 4. The standard InChI is InChI=1S/C17H15N5O4/c23-22(24)15-16(21-7-9-25-10-8-21)19-11-20-17(15)26-13-5-1-3-12-4-2-6-18-14(12)13/h1-6,11H,7-10H2. The first-order valence-corrected chi connectivity index (χ1v) is 8.08. The molecule has 0 radical (unpaired) electrons. The molecule has 3 heterocycles. The Morgan fingerprint density at radius 2 is 1.92 bits per heavy atom. The van der Waals surface area contributed by atoms with Gasteiger partial charge >= 0.3 is 11.6 Å². The lowest BCUT2D eigenvalue weighted by atomic mass is 10.2. The number of anilines is 1. The average molecular weight is 353 g/mol. The number of morpholine rings is 1. The molecular weight excluding hydrogens is 338 g/mol. The highest BCUT2D eigenvalue weighted by molar-refractivity contribution is 5.84. The van der Waals surface area contributed by atoms with Crippen LogP contribution in [0.1, 0.15) is 0 Å². The Kier molecular flexibility index (Phi) is 4.28. The molecule has 1 fully saturated rings. The van der Waals surface area contributed by atoms with Gasteiger partial charge in [0.25, 0.3) is 0 Å². The van der Waals surface area contributed by atoms with Crippen molar-refractivity contribution in [1.29, 1.82) is 0 Å². The van der Waals surface area contributed by atoms with E-state index in [-0.39, 0.29) is 17.4 Å². The molecule has 0 atom stereocenters. The summed E-state index contributed by atoms with van der Waals surface area (Å²) in [5, 5.41) is 12.6. The van der Waals surface area contributed by atoms with Gasteiger partial charge in [-0.2, -0.15) is 4.98 Å². The van der Waals surface area contributed by atoms with Gasteiger partial charge < -0.3 is 14.4 Å². The number of pyridine rings is 1. The van der Waals surface area contributed by atoms with Crippen molar-refractivity contribution in [2.24, 2.45) is 0 Å². The van der Waals surface area contributed by atoms with E-state index in [9.17, 15) is 10.1 Å². The first kappa shape index (κ1) is 16.2. The highest BCUT2D eigenvalue weighted by Crippen LogP contribution is 2.37. The Hall–Kier alpha value is -3.33. The molecule has 132 valence electrons. The Morgan fingerprint density at radius 3 is 2.73 bits per heavy atom. The van der Waals surface area contributed by atoms with Gasteiger partial charge in [0.15, 0.2) is 5.75 Å². The monoisotopic (exact) mass is 353 g/mol. The lowest BCUT2D eigenvalue weighted by molar-refractivity contribution is -0.385. The van der Waals surface area contributed by atoms with Gasteiger partial charge in [-0.05, 0) is 12.1 Å². The quantitative estimate of drug-likeness (QED) is 0.521. The molecule has 9 nitrogen and oxygen atoms in total. The van der Waals surface area contributed by atoms with E-state index in [2.05, 4.69) is 15.0 Å². The summed E-state index contributed by atoms with van der Waals surface area (Å²) in [5.41, 5.74) is 0.346. The molecule has 1 aliphatic rings. The zero-order chi connectivity index (χ0) is 17.9. The van der Waals surface area contributed by atoms with Crippen LogP contribution in [0.25, 0.3) is 10.9 Å². The third-order valence-electron chi connectivity index (χ3n) is 4.06. The normalized spacial score (nSPS) is 14.4. The van der Waals surface area contributed by atoms with E-state index in [1.54, 1.807) is 23.2 Å². The average Bonchev–Trinajstić information content (AvgIpc) is 2.68. The van der Waals surface area contributed by atoms with Gasteiger partial charge in [-0.1, -0.05) is 18.2 Å². The Bertz CT molecular complexity index is 954. The summed E-state index contributed by atoms with van der Waals surface area (Å²) in [6.07, 6.45) is 2.91. The van der Waals surface area contributed by atoms with Gasteiger partial charge in [0.05, 0.1) is 18.1 Å². The van der Waals surface area contributed by atoms with Gasteiger partial charge in [0.2, 0.25) is 5.82 Å². The molecule has 0 saturated carbocycles. The number of aromatic nitrogens is 3. The van der Waals surface area contributed by atoms with Gasteiger partial charge in [-0.25, -0.2) is 4.98 Å². The van der Waals surface area contributed by atoms with Crippen molar-refractivity contribution in [2.45, 2.75) is 0 Å². The SMILES string of the molecule is O=[N+]([O-])c1c(Oc2cccc3cccnc23)ncnc1N1CCOCC1. The van der Waals surface area contributed by atoms with E-state index in [0.717, 1.165) is 5.39 Å². The van der Waals surface area contributed by atoms with Crippen molar-refractivity contribution in [3.05, 3.63) is 53.0 Å². The first-order valence-electron chi connectivity index (χ1n) is 8.08. The molecule has 0 spiro atoms. The van der Waals surface area contributed by atoms with Crippen LogP contribution in [0.3, 0.4) is 0 Å². The van der Waals surface area contributed by atoms with Crippen LogP contribution in [0.2, 0.25) is 0 Å². The molecule has 1 aliphatic heterocycles. The minimum Gasteiger partial charge on any atom is -0.431 e. The molecule has 3 aromatic rings. The summed E-state index contributed by atoms with van der Waals surface area (Å²) in [5.74, 6) is 0.527. The van der Waals surface area contributed by atoms with E-state index in [4.69, 9.17) is 9.47 Å². The molecule has 9 heteroatoms. The summed E-state index contributed by atoms with van der Waals surface area (Å²) in [6.45, 7) is 2.02. The molecule has 1 aromatic carbocycles. The number of ether oxygens (including phenoxy) is 2. The number of nitrogens with zero attached hydrogens (tertiary/aromatic N) is 5. The summed E-state index contributed by atoms with van der Waals surface area (Å²) >= 11 is 0. The van der Waals surface area contributed by atoms with Gasteiger partial charge in [0, 0.05) is 24.7 Å². The van der Waals surface area contributed by atoms with E-state index in [0.29, 0.717) is 37.6 Å². The molecular formula is C17H15N5O4. The molecule has 0 aliphatic carbocycles. The van der Waals surface area contributed by atoms with Crippen LogP contribution in [0.5, 0.6) is 11.6 Å². The fraction of sp³-hybridized carbons (Fsp3) is 0.235. The number of para-hydroxylation sites is 1. The smallest absolute Gasteiger partial charge is 0.373 e. The van der Waals surface area contributed by atoms with Gasteiger partial charge in [-0.3, -0.25) is 15.1 Å². The zero-order valence-electron chi connectivity index (χ0n) is 13.7. The maximum Gasteiger partial charge on any atom is 0.373 e. The molecule has 0 N–H and O–H groups in total. The number of hydrogen-bond donors (Lipinski definition) is 0. The number of fused-ring (bicyclic) bond motifs is 1. The topological polar surface area (TPSA) is 104 Å². The number of nitro groups is 1. The Morgan fingerprint density at radius 1 is 1.12 bits per heavy atom. The second-order valence-electron chi connectivity index (χ2n) is 5.64. The van der Waals surface area contributed by atoms with Crippen molar-refractivity contribution >= 4 is 22.4 Å². The molecule has 26 heavy (non-hydrogen) atoms. The van der Waals surface area contributed by atoms with Crippen LogP contribution < -0.4 is 9.64 Å². The maximum absolute atomic E-state index is 11.7. The van der Waals surface area contributed by atoms with Crippen molar-refractivity contribution in [2.75, 3.05) is 31.2 Å². The van der Waals surface area contributed by atoms with E-state index in [1.807, 2.05) is 18.2 Å². The molecule has 4 rings (SSSR count). The number of benzene rings is 1. The summed E-state index contributed by atoms with van der Waals surface area (Å²) in [4.78, 5) is 25.4. The van der Waals surface area contributed by atoms with Crippen LogP contribution >= 0.6 is 0 Å². The van der Waals surface area contributed by atoms with Crippen molar-refractivity contribution in [3.8, 4) is 11.6 Å². The third kappa shape index (κ3) is 3.00. The van der Waals surface area contributed by atoms with E-state index in [1.165, 1.54) is 6.33 Å². The Labute approximate surface area is 148 Å². The third-order valence-corrected chi connectivity index (χ3v) is 4.06. The minimum absolute atomic E-state index is 0.107. The second kappa shape index (κ2) is 6.89. The first-order chi connectivity index (χ1) is 12.7. The zero-order valence-corrected chi connectivity index (χ0v) is 13.7. The van der Waals surface area contributed by atoms with Crippen molar-refractivity contribution < 1.29 is 14.4 Å². The van der Waals surface area contributed by atoms with Gasteiger partial charge in [0.1, 0.15) is 11.8 Å². The lowest BCUT2D eigenvalue weighted by Crippen LogP contribution is -2.37. The second-order valence-corrected chi connectivity index (χ2v) is 5.64. The lowest BCUT2D eigenvalue weighted by Gasteiger charge is -2.27. The van der Waals surface area contributed by atoms with Crippen LogP contribution in [0.4, 0.5) is 11.5 Å². The molecule has 0 unspecified atom stereocenters. The predicted molar refractivity (Wildman–Crippen MR) is 93.5 cm³/mol. The fourth-order valence-electron chi connectivity index (χ4n) is 2.86. The fourth-order valence-corrected chi connectivity index (χ4v) is 2.86. The molecule has 0 amide bonds. The van der Waals surface area contributed by atoms with Gasteiger partial charge in [-0.15, -0.1) is 0 Å². The van der Waals surface area contributed by atoms with E-state index < -0.39 is 4.92 Å². The summed E-state index contributed by atoms with van der Waals surface area (Å²) < 4.78 is 11.1. The van der Waals surface area contributed by atoms with Crippen LogP contribution in [0, 0.1) is 10.1 Å². The molecule has 0 bridgehead atoms. The summed E-state index contributed by atoms with van der Waals surface area (Å²) in [7, 11) is 0. The maximum atomic E-state index is 11.7. The predicted octanol–water partition coefficient (Wildman–Crippen LogP) is 2.56. The van der Waals surface area contributed by atoms with Crippen LogP contribution in [-0.4, -0.2) is 46.2 Å². The molecule has 1 saturated heterocycles. The largest absolute Gasteiger partial charge is 0.431 e.